The van der Waals surface area contributed by atoms with Crippen molar-refractivity contribution in [3.8, 4) is 5.88 Å². The van der Waals surface area contributed by atoms with Gasteiger partial charge in [0.1, 0.15) is 6.33 Å². The molecule has 0 aliphatic rings. The van der Waals surface area contributed by atoms with Crippen LogP contribution in [0.25, 0.3) is 0 Å². The van der Waals surface area contributed by atoms with Crippen LogP contribution < -0.4 is 4.74 Å². The average molecular weight is 182 g/mol. The molecule has 0 amide bonds. The molecule has 0 aromatic carbocycles. The standard InChI is InChI=1S/C8H10N2O3/c1-3-5-6(8(11)12)9-4-10-7(5)13-2/h4H,3H2,1-2H3,(H,11,12). The van der Waals surface area contributed by atoms with Gasteiger partial charge in [0, 0.05) is 5.56 Å². The van der Waals surface area contributed by atoms with E-state index in [1.165, 1.54) is 13.4 Å². The van der Waals surface area contributed by atoms with Crippen molar-refractivity contribution in [2.45, 2.75) is 13.3 Å². The molecule has 5 nitrogen and oxygen atoms in total. The van der Waals surface area contributed by atoms with Gasteiger partial charge in [0.25, 0.3) is 0 Å². The summed E-state index contributed by atoms with van der Waals surface area (Å²) in [7, 11) is 1.45. The minimum absolute atomic E-state index is 0.00866. The molecule has 0 aliphatic carbocycles. The van der Waals surface area contributed by atoms with Gasteiger partial charge in [-0.3, -0.25) is 0 Å². The quantitative estimate of drug-likeness (QED) is 0.746. The number of ether oxygens (including phenoxy) is 1. The molecule has 0 bridgehead atoms. The predicted molar refractivity (Wildman–Crippen MR) is 44.9 cm³/mol. The summed E-state index contributed by atoms with van der Waals surface area (Å²) in [5, 5.41) is 8.77. The summed E-state index contributed by atoms with van der Waals surface area (Å²) in [6.45, 7) is 1.83. The zero-order chi connectivity index (χ0) is 9.84. The second-order valence-electron chi connectivity index (χ2n) is 2.37. The van der Waals surface area contributed by atoms with Gasteiger partial charge in [-0.05, 0) is 6.42 Å². The lowest BCUT2D eigenvalue weighted by Gasteiger charge is -2.06. The van der Waals surface area contributed by atoms with Crippen LogP contribution in [0, 0.1) is 0 Å². The highest BCUT2D eigenvalue weighted by Gasteiger charge is 2.15. The Balaban J connectivity index is 3.27. The third kappa shape index (κ3) is 1.74. The third-order valence-corrected chi connectivity index (χ3v) is 1.66. The fraction of sp³-hybridized carbons (Fsp3) is 0.375. The van der Waals surface area contributed by atoms with Crippen LogP contribution in [-0.4, -0.2) is 28.2 Å². The number of nitrogens with zero attached hydrogens (tertiary/aromatic N) is 2. The number of methoxy groups -OCH3 is 1. The molecule has 0 fully saturated rings. The van der Waals surface area contributed by atoms with Crippen molar-refractivity contribution in [1.29, 1.82) is 0 Å². The molecule has 1 aromatic rings. The maximum absolute atomic E-state index is 10.7. The van der Waals surface area contributed by atoms with Gasteiger partial charge in [0.05, 0.1) is 7.11 Å². The monoisotopic (exact) mass is 182 g/mol. The summed E-state index contributed by atoms with van der Waals surface area (Å²) in [4.78, 5) is 18.2. The number of hydrogen-bond acceptors (Lipinski definition) is 4. The van der Waals surface area contributed by atoms with E-state index < -0.39 is 5.97 Å². The van der Waals surface area contributed by atoms with Crippen molar-refractivity contribution in [2.24, 2.45) is 0 Å². The van der Waals surface area contributed by atoms with E-state index in [1.807, 2.05) is 6.92 Å². The fourth-order valence-corrected chi connectivity index (χ4v) is 1.08. The first-order chi connectivity index (χ1) is 6.20. The number of aromatic nitrogens is 2. The maximum atomic E-state index is 10.7. The number of carbonyl (C=O) groups is 1. The first-order valence-electron chi connectivity index (χ1n) is 3.81. The van der Waals surface area contributed by atoms with Crippen LogP contribution >= 0.6 is 0 Å². The Bertz CT molecular complexity index is 325. The number of aromatic carboxylic acids is 1. The molecule has 70 valence electrons. The van der Waals surface area contributed by atoms with E-state index in [0.717, 1.165) is 0 Å². The van der Waals surface area contributed by atoms with E-state index in [2.05, 4.69) is 9.97 Å². The molecule has 5 heteroatoms. The first-order valence-corrected chi connectivity index (χ1v) is 3.81. The van der Waals surface area contributed by atoms with Crippen LogP contribution in [0.5, 0.6) is 5.88 Å². The topological polar surface area (TPSA) is 72.3 Å². The van der Waals surface area contributed by atoms with Gasteiger partial charge in [-0.15, -0.1) is 0 Å². The van der Waals surface area contributed by atoms with Crippen LogP contribution in [0.2, 0.25) is 0 Å². The van der Waals surface area contributed by atoms with Crippen LogP contribution in [0.15, 0.2) is 6.33 Å². The zero-order valence-corrected chi connectivity index (χ0v) is 7.44. The van der Waals surface area contributed by atoms with Gasteiger partial charge >= 0.3 is 5.97 Å². The smallest absolute Gasteiger partial charge is 0.355 e. The van der Waals surface area contributed by atoms with Gasteiger partial charge in [-0.1, -0.05) is 6.92 Å². The van der Waals surface area contributed by atoms with E-state index in [1.54, 1.807) is 0 Å². The number of carboxylic acid groups (broad SMARTS) is 1. The van der Waals surface area contributed by atoms with Crippen molar-refractivity contribution >= 4 is 5.97 Å². The SMILES string of the molecule is CCc1c(OC)ncnc1C(=O)O. The second kappa shape index (κ2) is 3.84. The molecule has 0 radical (unpaired) electrons. The van der Waals surface area contributed by atoms with Crippen molar-refractivity contribution in [3.05, 3.63) is 17.6 Å². The molecule has 0 spiro atoms. The summed E-state index contributed by atoms with van der Waals surface area (Å²) in [6.07, 6.45) is 1.72. The molecule has 0 saturated carbocycles. The van der Waals surface area contributed by atoms with Crippen LogP contribution in [0.4, 0.5) is 0 Å². The molecule has 1 N–H and O–H groups in total. The Hall–Kier alpha value is -1.65. The highest BCUT2D eigenvalue weighted by atomic mass is 16.5. The van der Waals surface area contributed by atoms with Gasteiger partial charge in [0.2, 0.25) is 5.88 Å². The largest absolute Gasteiger partial charge is 0.481 e. The third-order valence-electron chi connectivity index (χ3n) is 1.66. The predicted octanol–water partition coefficient (Wildman–Crippen LogP) is 0.746. The van der Waals surface area contributed by atoms with Crippen molar-refractivity contribution < 1.29 is 14.6 Å². The summed E-state index contributed by atoms with van der Waals surface area (Å²) in [6, 6.07) is 0. The normalized spacial score (nSPS) is 9.69. The summed E-state index contributed by atoms with van der Waals surface area (Å²) < 4.78 is 4.91. The van der Waals surface area contributed by atoms with Crippen LogP contribution in [0.1, 0.15) is 23.0 Å². The van der Waals surface area contributed by atoms with E-state index >= 15 is 0 Å². The van der Waals surface area contributed by atoms with Crippen molar-refractivity contribution in [2.75, 3.05) is 7.11 Å². The van der Waals surface area contributed by atoms with Gasteiger partial charge in [0.15, 0.2) is 5.69 Å². The molecular formula is C8H10N2O3. The molecule has 1 aromatic heterocycles. The number of carboxylic acids is 1. The molecule has 0 atom stereocenters. The molecule has 13 heavy (non-hydrogen) atoms. The van der Waals surface area contributed by atoms with E-state index in [-0.39, 0.29) is 5.69 Å². The summed E-state index contributed by atoms with van der Waals surface area (Å²) >= 11 is 0. The van der Waals surface area contributed by atoms with Crippen molar-refractivity contribution in [3.63, 3.8) is 0 Å². The molecular weight excluding hydrogens is 172 g/mol. The van der Waals surface area contributed by atoms with Crippen LogP contribution in [0.3, 0.4) is 0 Å². The summed E-state index contributed by atoms with van der Waals surface area (Å²) in [5.41, 5.74) is 0.534. The fourth-order valence-electron chi connectivity index (χ4n) is 1.08. The lowest BCUT2D eigenvalue weighted by molar-refractivity contribution is 0.0688. The number of rotatable bonds is 3. The lowest BCUT2D eigenvalue weighted by Crippen LogP contribution is -2.08. The van der Waals surface area contributed by atoms with Gasteiger partial charge in [-0.25, -0.2) is 14.8 Å². The Morgan fingerprint density at radius 1 is 1.62 bits per heavy atom. The Morgan fingerprint density at radius 2 is 2.31 bits per heavy atom. The highest BCUT2D eigenvalue weighted by Crippen LogP contribution is 2.17. The summed E-state index contributed by atoms with van der Waals surface area (Å²) in [5.74, 6) is -0.729. The lowest BCUT2D eigenvalue weighted by atomic mass is 10.2. The molecule has 0 aliphatic heterocycles. The van der Waals surface area contributed by atoms with Crippen molar-refractivity contribution in [1.82, 2.24) is 9.97 Å². The van der Waals surface area contributed by atoms with E-state index in [4.69, 9.17) is 9.84 Å². The minimum atomic E-state index is -1.06. The molecule has 0 saturated heterocycles. The second-order valence-corrected chi connectivity index (χ2v) is 2.37. The zero-order valence-electron chi connectivity index (χ0n) is 7.44. The molecule has 0 unspecified atom stereocenters. The number of hydrogen-bond donors (Lipinski definition) is 1. The van der Waals surface area contributed by atoms with Gasteiger partial charge in [-0.2, -0.15) is 0 Å². The average Bonchev–Trinajstić information content (AvgIpc) is 2.16. The van der Waals surface area contributed by atoms with Gasteiger partial charge < -0.3 is 9.84 Å². The minimum Gasteiger partial charge on any atom is -0.481 e. The van der Waals surface area contributed by atoms with E-state index in [0.29, 0.717) is 17.9 Å². The van der Waals surface area contributed by atoms with Crippen LogP contribution in [-0.2, 0) is 6.42 Å². The first kappa shape index (κ1) is 9.44. The maximum Gasteiger partial charge on any atom is 0.355 e. The highest BCUT2D eigenvalue weighted by molar-refractivity contribution is 5.87. The van der Waals surface area contributed by atoms with E-state index in [9.17, 15) is 4.79 Å². The Morgan fingerprint density at radius 3 is 2.77 bits per heavy atom. The Labute approximate surface area is 75.4 Å². The molecule has 1 heterocycles. The Kier molecular flexibility index (Phi) is 2.79. The molecule has 1 rings (SSSR count).